The molecule has 0 saturated carbocycles. The third-order valence-electron chi connectivity index (χ3n) is 4.00. The molecule has 0 aliphatic heterocycles. The minimum absolute atomic E-state index is 0.0142. The number of hydrogen-bond acceptors (Lipinski definition) is 7. The Balaban J connectivity index is 1.91. The van der Waals surface area contributed by atoms with Gasteiger partial charge in [-0.05, 0) is 29.3 Å². The number of aromatic nitrogens is 2. The zero-order valence-electron chi connectivity index (χ0n) is 16.7. The first-order valence-electron chi connectivity index (χ1n) is 9.30. The lowest BCUT2D eigenvalue weighted by Gasteiger charge is -2.15. The van der Waals surface area contributed by atoms with Crippen molar-refractivity contribution in [2.24, 2.45) is 5.73 Å². The van der Waals surface area contributed by atoms with Crippen molar-refractivity contribution >= 4 is 39.5 Å². The molecule has 9 nitrogen and oxygen atoms in total. The van der Waals surface area contributed by atoms with E-state index in [2.05, 4.69) is 14.7 Å². The molecule has 166 valence electrons. The molecule has 0 radical (unpaired) electrons. The average Bonchev–Trinajstić information content (AvgIpc) is 2.77. The van der Waals surface area contributed by atoms with E-state index in [0.29, 0.717) is 16.1 Å². The van der Waals surface area contributed by atoms with E-state index >= 15 is 0 Å². The number of benzene rings is 2. The largest absolute Gasteiger partial charge is 0.473 e. The fourth-order valence-electron chi connectivity index (χ4n) is 2.62. The van der Waals surface area contributed by atoms with Crippen LogP contribution in [0.1, 0.15) is 5.56 Å². The van der Waals surface area contributed by atoms with E-state index < -0.39 is 16.0 Å². The molecule has 0 fully saturated rings. The van der Waals surface area contributed by atoms with Gasteiger partial charge in [-0.25, -0.2) is 18.4 Å². The van der Waals surface area contributed by atoms with Gasteiger partial charge >= 0.3 is 0 Å². The van der Waals surface area contributed by atoms with Crippen molar-refractivity contribution < 1.29 is 17.9 Å². The molecule has 1 heterocycles. The Hall–Kier alpha value is -3.63. The van der Waals surface area contributed by atoms with Crippen LogP contribution in [0.2, 0.25) is 5.02 Å². The van der Waals surface area contributed by atoms with E-state index in [0.717, 1.165) is 11.0 Å². The van der Waals surface area contributed by atoms with Crippen LogP contribution in [0.4, 0.5) is 5.82 Å². The minimum atomic E-state index is -3.90. The summed E-state index contributed by atoms with van der Waals surface area (Å²) in [6, 6.07) is 15.3. The van der Waals surface area contributed by atoms with Gasteiger partial charge in [0.15, 0.2) is 5.82 Å². The van der Waals surface area contributed by atoms with Crippen LogP contribution in [-0.2, 0) is 14.8 Å². The van der Waals surface area contributed by atoms with Gasteiger partial charge < -0.3 is 15.2 Å². The van der Waals surface area contributed by atoms with Gasteiger partial charge in [0.05, 0.1) is 11.0 Å². The third-order valence-corrected chi connectivity index (χ3v) is 5.23. The number of nitrogens with zero attached hydrogens (tertiary/aromatic N) is 2. The molecular weight excluding hydrogens is 454 g/mol. The maximum absolute atomic E-state index is 12.7. The maximum Gasteiger partial charge on any atom is 0.279 e. The summed E-state index contributed by atoms with van der Waals surface area (Å²) < 4.78 is 38.3. The smallest absolute Gasteiger partial charge is 0.279 e. The van der Waals surface area contributed by atoms with Gasteiger partial charge in [-0.2, -0.15) is 0 Å². The summed E-state index contributed by atoms with van der Waals surface area (Å²) in [5, 5.41) is 8.65. The Kier molecular flexibility index (Phi) is 7.63. The van der Waals surface area contributed by atoms with Gasteiger partial charge in [0.25, 0.3) is 16.0 Å². The van der Waals surface area contributed by atoms with E-state index in [1.165, 1.54) is 12.4 Å². The normalized spacial score (nSPS) is 11.3. The van der Waals surface area contributed by atoms with Gasteiger partial charge in [-0.15, -0.1) is 0 Å². The summed E-state index contributed by atoms with van der Waals surface area (Å²) >= 11 is 5.99. The van der Waals surface area contributed by atoms with Crippen molar-refractivity contribution in [3.05, 3.63) is 76.9 Å². The van der Waals surface area contributed by atoms with E-state index in [-0.39, 0.29) is 24.9 Å². The summed E-state index contributed by atoms with van der Waals surface area (Å²) in [6.45, 7) is 0.0392. The second-order valence-corrected chi connectivity index (χ2v) is 8.33. The van der Waals surface area contributed by atoms with Gasteiger partial charge in [0.1, 0.15) is 19.5 Å². The Bertz CT molecular complexity index is 1200. The minimum Gasteiger partial charge on any atom is -0.473 e. The number of nitrogens with two attached hydrogens (primary N) is 1. The first-order chi connectivity index (χ1) is 15.3. The fraction of sp³-hybridized carbons (Fsp3) is 0.0952. The van der Waals surface area contributed by atoms with Gasteiger partial charge in [-0.3, -0.25) is 10.1 Å². The number of halogens is 1. The molecule has 0 atom stereocenters. The molecule has 4 N–H and O–H groups in total. The van der Waals surface area contributed by atoms with Crippen LogP contribution in [0.5, 0.6) is 5.88 Å². The number of nitrogens with one attached hydrogen (secondary N) is 2. The summed E-state index contributed by atoms with van der Waals surface area (Å²) in [6.07, 6.45) is 2.65. The lowest BCUT2D eigenvalue weighted by Crippen LogP contribution is -2.19. The first kappa shape index (κ1) is 23.0. The monoisotopic (exact) mass is 473 g/mol. The summed E-state index contributed by atoms with van der Waals surface area (Å²) in [7, 11) is -3.90. The number of ether oxygens (including phenoxy) is 2. The average molecular weight is 474 g/mol. The highest BCUT2D eigenvalue weighted by Gasteiger charge is 2.19. The van der Waals surface area contributed by atoms with Crippen molar-refractivity contribution in [2.45, 2.75) is 0 Å². The van der Waals surface area contributed by atoms with Crippen LogP contribution in [-0.4, -0.2) is 37.6 Å². The van der Waals surface area contributed by atoms with Crippen LogP contribution in [0.25, 0.3) is 17.2 Å². The van der Waals surface area contributed by atoms with Crippen molar-refractivity contribution in [3.63, 3.8) is 0 Å². The quantitative estimate of drug-likeness (QED) is 0.245. The predicted molar refractivity (Wildman–Crippen MR) is 124 cm³/mol. The maximum atomic E-state index is 12.7. The molecule has 2 aromatic carbocycles. The second kappa shape index (κ2) is 10.6. The highest BCUT2D eigenvalue weighted by Crippen LogP contribution is 2.35. The highest BCUT2D eigenvalue weighted by molar-refractivity contribution is 7.95. The van der Waals surface area contributed by atoms with E-state index in [1.807, 2.05) is 18.2 Å². The third kappa shape index (κ3) is 6.69. The molecule has 0 unspecified atom stereocenters. The first-order valence-corrected chi connectivity index (χ1v) is 11.2. The molecular formula is C21H20ClN5O4S. The molecule has 0 bridgehead atoms. The molecule has 3 rings (SSSR count). The standard InChI is InChI=1S/C21H20ClN5O4S/c22-17-8-6-16(7-9-17)18-19(25-14-26-20(18)30-11-12-31-21(23)24)27-32(28,29)13-10-15-4-2-1-3-5-15/h1-10,13-14H,11-12H2,(H3,23,24)(H,25,26,27)/b13-10+. The lowest BCUT2D eigenvalue weighted by molar-refractivity contribution is 0.201. The molecule has 0 amide bonds. The lowest BCUT2D eigenvalue weighted by atomic mass is 10.1. The molecule has 11 heteroatoms. The van der Waals surface area contributed by atoms with E-state index in [9.17, 15) is 8.42 Å². The second-order valence-electron chi connectivity index (χ2n) is 6.33. The Morgan fingerprint density at radius 3 is 2.50 bits per heavy atom. The molecule has 3 aromatic rings. The number of rotatable bonds is 9. The highest BCUT2D eigenvalue weighted by atomic mass is 35.5. The zero-order valence-corrected chi connectivity index (χ0v) is 18.3. The molecule has 0 saturated heterocycles. The predicted octanol–water partition coefficient (Wildman–Crippen LogP) is 3.50. The van der Waals surface area contributed by atoms with Crippen LogP contribution < -0.4 is 15.2 Å². The molecule has 32 heavy (non-hydrogen) atoms. The SMILES string of the molecule is N=C(N)OCCOc1ncnc(NS(=O)(=O)/C=C/c2ccccc2)c1-c1ccc(Cl)cc1. The molecule has 0 spiro atoms. The number of sulfonamides is 1. The van der Waals surface area contributed by atoms with Gasteiger partial charge in [0, 0.05) is 5.02 Å². The topological polar surface area (TPSA) is 140 Å². The van der Waals surface area contributed by atoms with Crippen LogP contribution in [0, 0.1) is 5.41 Å². The van der Waals surface area contributed by atoms with Gasteiger partial charge in [0.2, 0.25) is 5.88 Å². The molecule has 1 aromatic heterocycles. The molecule has 0 aliphatic carbocycles. The van der Waals surface area contributed by atoms with Crippen molar-refractivity contribution in [1.82, 2.24) is 9.97 Å². The van der Waals surface area contributed by atoms with Crippen molar-refractivity contribution in [1.29, 1.82) is 5.41 Å². The van der Waals surface area contributed by atoms with Crippen LogP contribution in [0.15, 0.2) is 66.3 Å². The summed E-state index contributed by atoms with van der Waals surface area (Å²) in [5.74, 6) is 0.154. The Morgan fingerprint density at radius 2 is 1.81 bits per heavy atom. The Labute approximate surface area is 190 Å². The number of hydrogen-bond donors (Lipinski definition) is 3. The number of anilines is 1. The van der Waals surface area contributed by atoms with E-state index in [4.69, 9.17) is 32.2 Å². The van der Waals surface area contributed by atoms with Crippen LogP contribution in [0.3, 0.4) is 0 Å². The fourth-order valence-corrected chi connectivity index (χ4v) is 3.58. The van der Waals surface area contributed by atoms with Crippen molar-refractivity contribution in [3.8, 4) is 17.0 Å². The van der Waals surface area contributed by atoms with E-state index in [1.54, 1.807) is 36.4 Å². The summed E-state index contributed by atoms with van der Waals surface area (Å²) in [4.78, 5) is 8.22. The zero-order chi connectivity index (χ0) is 23.0. The summed E-state index contributed by atoms with van der Waals surface area (Å²) in [5.41, 5.74) is 6.79. The van der Waals surface area contributed by atoms with Crippen molar-refractivity contribution in [2.75, 3.05) is 17.9 Å². The van der Waals surface area contributed by atoms with Crippen LogP contribution >= 0.6 is 11.6 Å². The Morgan fingerprint density at radius 1 is 1.09 bits per heavy atom. The molecule has 0 aliphatic rings. The van der Waals surface area contributed by atoms with Gasteiger partial charge in [-0.1, -0.05) is 54.1 Å². The number of amidine groups is 1.